The molecule has 0 amide bonds. The first-order valence-electron chi connectivity index (χ1n) is 5.78. The third kappa shape index (κ3) is 2.30. The van der Waals surface area contributed by atoms with E-state index in [4.69, 9.17) is 5.11 Å². The first kappa shape index (κ1) is 12.4. The van der Waals surface area contributed by atoms with Crippen molar-refractivity contribution in [2.75, 3.05) is 5.75 Å². The van der Waals surface area contributed by atoms with Crippen molar-refractivity contribution < 1.29 is 18.7 Å². The van der Waals surface area contributed by atoms with E-state index in [2.05, 4.69) is 4.98 Å². The number of hydrogen-bond donors (Lipinski definition) is 1. The minimum Gasteiger partial charge on any atom is -0.481 e. The third-order valence-electron chi connectivity index (χ3n) is 2.92. The number of hydrogen-bond acceptors (Lipinski definition) is 3. The maximum atomic E-state index is 13.7. The summed E-state index contributed by atoms with van der Waals surface area (Å²) in [5.74, 6) is -2.49. The molecule has 1 heterocycles. The molecule has 7 heteroatoms. The van der Waals surface area contributed by atoms with E-state index in [1.807, 2.05) is 0 Å². The van der Waals surface area contributed by atoms with Gasteiger partial charge in [-0.2, -0.15) is 0 Å². The normalized spacial score (nSPS) is 15.1. The quantitative estimate of drug-likeness (QED) is 0.877. The molecule has 3 rings (SSSR count). The summed E-state index contributed by atoms with van der Waals surface area (Å²) >= 11 is 1.03. The number of carbonyl (C=O) groups is 1. The van der Waals surface area contributed by atoms with Crippen LogP contribution in [0.25, 0.3) is 11.0 Å². The number of aliphatic carboxylic acids is 1. The lowest BCUT2D eigenvalue weighted by molar-refractivity contribution is -0.133. The maximum absolute atomic E-state index is 13.7. The van der Waals surface area contributed by atoms with Gasteiger partial charge in [-0.05, 0) is 12.8 Å². The van der Waals surface area contributed by atoms with Crippen LogP contribution >= 0.6 is 11.8 Å². The summed E-state index contributed by atoms with van der Waals surface area (Å²) in [6, 6.07) is 2.20. The van der Waals surface area contributed by atoms with E-state index in [0.29, 0.717) is 10.7 Å². The summed E-state index contributed by atoms with van der Waals surface area (Å²) in [4.78, 5) is 14.7. The number of rotatable bonds is 4. The number of carboxylic acid groups (broad SMARTS) is 1. The highest BCUT2D eigenvalue weighted by atomic mass is 32.2. The van der Waals surface area contributed by atoms with Gasteiger partial charge in [0.2, 0.25) is 0 Å². The largest absolute Gasteiger partial charge is 0.481 e. The number of imidazole rings is 1. The summed E-state index contributed by atoms with van der Waals surface area (Å²) in [5.41, 5.74) is 0.495. The molecule has 1 aliphatic carbocycles. The number of halogens is 2. The first-order chi connectivity index (χ1) is 9.06. The van der Waals surface area contributed by atoms with Crippen molar-refractivity contribution in [1.29, 1.82) is 0 Å². The Kier molecular flexibility index (Phi) is 2.93. The zero-order chi connectivity index (χ0) is 13.6. The molecule has 0 bridgehead atoms. The molecule has 0 atom stereocenters. The van der Waals surface area contributed by atoms with E-state index in [0.717, 1.165) is 30.7 Å². The van der Waals surface area contributed by atoms with Gasteiger partial charge in [-0.25, -0.2) is 13.8 Å². The van der Waals surface area contributed by atoms with Crippen molar-refractivity contribution in [3.05, 3.63) is 23.8 Å². The number of benzene rings is 1. The molecule has 0 radical (unpaired) electrons. The van der Waals surface area contributed by atoms with Crippen LogP contribution in [0.2, 0.25) is 0 Å². The summed E-state index contributed by atoms with van der Waals surface area (Å²) in [6.07, 6.45) is 1.84. The number of thioether (sulfide) groups is 1. The molecule has 19 heavy (non-hydrogen) atoms. The van der Waals surface area contributed by atoms with Gasteiger partial charge in [0.15, 0.2) is 11.0 Å². The Morgan fingerprint density at radius 1 is 1.47 bits per heavy atom. The van der Waals surface area contributed by atoms with Gasteiger partial charge in [-0.15, -0.1) is 0 Å². The molecule has 1 aliphatic rings. The van der Waals surface area contributed by atoms with E-state index in [-0.39, 0.29) is 17.3 Å². The predicted molar refractivity (Wildman–Crippen MR) is 66.3 cm³/mol. The second kappa shape index (κ2) is 4.48. The molecule has 1 aromatic carbocycles. The van der Waals surface area contributed by atoms with Crippen LogP contribution in [-0.4, -0.2) is 26.4 Å². The summed E-state index contributed by atoms with van der Waals surface area (Å²) in [5, 5.41) is 9.14. The van der Waals surface area contributed by atoms with Crippen molar-refractivity contribution in [1.82, 2.24) is 9.55 Å². The highest BCUT2D eigenvalue weighted by Crippen LogP contribution is 2.41. The highest BCUT2D eigenvalue weighted by Gasteiger charge is 2.29. The lowest BCUT2D eigenvalue weighted by atomic mass is 10.3. The topological polar surface area (TPSA) is 55.1 Å². The molecule has 100 valence electrons. The van der Waals surface area contributed by atoms with Crippen LogP contribution in [0.4, 0.5) is 8.78 Å². The average molecular weight is 284 g/mol. The van der Waals surface area contributed by atoms with E-state index in [1.165, 1.54) is 6.07 Å². The monoisotopic (exact) mass is 284 g/mol. The smallest absolute Gasteiger partial charge is 0.313 e. The van der Waals surface area contributed by atoms with Crippen molar-refractivity contribution in [3.63, 3.8) is 0 Å². The van der Waals surface area contributed by atoms with Gasteiger partial charge in [0.05, 0.1) is 11.3 Å². The maximum Gasteiger partial charge on any atom is 0.313 e. The zero-order valence-electron chi connectivity index (χ0n) is 9.77. The van der Waals surface area contributed by atoms with Gasteiger partial charge in [0.25, 0.3) is 0 Å². The molecular weight excluding hydrogens is 274 g/mol. The van der Waals surface area contributed by atoms with Gasteiger partial charge in [0.1, 0.15) is 11.3 Å². The Labute approximate surface area is 111 Å². The fourth-order valence-corrected chi connectivity index (χ4v) is 2.81. The van der Waals surface area contributed by atoms with Gasteiger partial charge < -0.3 is 9.67 Å². The second-order valence-corrected chi connectivity index (χ2v) is 5.38. The van der Waals surface area contributed by atoms with E-state index in [1.54, 1.807) is 4.57 Å². The molecule has 1 fully saturated rings. The Morgan fingerprint density at radius 3 is 2.84 bits per heavy atom. The lowest BCUT2D eigenvalue weighted by Crippen LogP contribution is -2.02. The molecule has 0 saturated heterocycles. The van der Waals surface area contributed by atoms with Gasteiger partial charge in [0, 0.05) is 18.2 Å². The minimum atomic E-state index is -0.967. The minimum absolute atomic E-state index is 0.0983. The third-order valence-corrected chi connectivity index (χ3v) is 3.86. The Hall–Kier alpha value is -1.63. The fourth-order valence-electron chi connectivity index (χ4n) is 2.01. The van der Waals surface area contributed by atoms with Gasteiger partial charge in [-0.1, -0.05) is 11.8 Å². The van der Waals surface area contributed by atoms with Crippen LogP contribution in [0.15, 0.2) is 17.3 Å². The van der Waals surface area contributed by atoms with Crippen LogP contribution in [0.3, 0.4) is 0 Å². The molecule has 0 spiro atoms. The molecule has 0 aliphatic heterocycles. The number of nitrogens with zero attached hydrogens (tertiary/aromatic N) is 2. The number of aromatic nitrogens is 2. The van der Waals surface area contributed by atoms with Crippen LogP contribution in [0.5, 0.6) is 0 Å². The standard InChI is InChI=1S/C12H10F2N2O2S/c13-6-3-8(14)11-9(4-6)16(7-1-2-7)12(15-11)19-5-10(17)18/h3-4,7H,1-2,5H2,(H,17,18). The summed E-state index contributed by atoms with van der Waals surface area (Å²) < 4.78 is 28.7. The SMILES string of the molecule is O=C(O)CSc1nc2c(F)cc(F)cc2n1C1CC1. The average Bonchev–Trinajstić information content (AvgIpc) is 3.08. The number of carboxylic acids is 1. The molecule has 4 nitrogen and oxygen atoms in total. The Bertz CT molecular complexity index is 667. The Morgan fingerprint density at radius 2 is 2.21 bits per heavy atom. The van der Waals surface area contributed by atoms with E-state index >= 15 is 0 Å². The number of fused-ring (bicyclic) bond motifs is 1. The van der Waals surface area contributed by atoms with E-state index in [9.17, 15) is 13.6 Å². The van der Waals surface area contributed by atoms with Crippen LogP contribution in [-0.2, 0) is 4.79 Å². The lowest BCUT2D eigenvalue weighted by Gasteiger charge is -2.05. The van der Waals surface area contributed by atoms with Crippen LogP contribution < -0.4 is 0 Å². The second-order valence-electron chi connectivity index (χ2n) is 4.43. The molecule has 1 aromatic heterocycles. The van der Waals surface area contributed by atoms with Crippen molar-refractivity contribution in [2.24, 2.45) is 0 Å². The predicted octanol–water partition coefficient (Wildman–Crippen LogP) is 2.83. The molecule has 0 unspecified atom stereocenters. The van der Waals surface area contributed by atoms with Crippen molar-refractivity contribution in [2.45, 2.75) is 24.0 Å². The molecule has 2 aromatic rings. The van der Waals surface area contributed by atoms with Crippen LogP contribution in [0, 0.1) is 11.6 Å². The van der Waals surface area contributed by atoms with Crippen molar-refractivity contribution in [3.8, 4) is 0 Å². The molecule has 1 N–H and O–H groups in total. The van der Waals surface area contributed by atoms with Gasteiger partial charge in [-0.3, -0.25) is 4.79 Å². The summed E-state index contributed by atoms with van der Waals surface area (Å²) in [6.45, 7) is 0. The van der Waals surface area contributed by atoms with E-state index < -0.39 is 17.6 Å². The Balaban J connectivity index is 2.12. The van der Waals surface area contributed by atoms with Gasteiger partial charge >= 0.3 is 5.97 Å². The van der Waals surface area contributed by atoms with Crippen LogP contribution in [0.1, 0.15) is 18.9 Å². The molecule has 1 saturated carbocycles. The van der Waals surface area contributed by atoms with Crippen molar-refractivity contribution >= 4 is 28.8 Å². The molecular formula is C12H10F2N2O2S. The zero-order valence-corrected chi connectivity index (χ0v) is 10.6. The fraction of sp³-hybridized carbons (Fsp3) is 0.333. The first-order valence-corrected chi connectivity index (χ1v) is 6.76. The summed E-state index contributed by atoms with van der Waals surface area (Å²) in [7, 11) is 0. The highest BCUT2D eigenvalue weighted by molar-refractivity contribution is 7.99.